The van der Waals surface area contributed by atoms with Crippen LogP contribution in [0.2, 0.25) is 0 Å². The first-order chi connectivity index (χ1) is 9.97. The molecule has 0 atom stereocenters. The molecule has 1 saturated carbocycles. The van der Waals surface area contributed by atoms with Gasteiger partial charge in [0.1, 0.15) is 0 Å². The summed E-state index contributed by atoms with van der Waals surface area (Å²) in [6, 6.07) is 3.60. The van der Waals surface area contributed by atoms with Gasteiger partial charge in [-0.05, 0) is 42.7 Å². The van der Waals surface area contributed by atoms with E-state index in [2.05, 4.69) is 5.10 Å². The van der Waals surface area contributed by atoms with Gasteiger partial charge in [-0.3, -0.25) is 4.79 Å². The van der Waals surface area contributed by atoms with E-state index < -0.39 is 11.6 Å². The average molecular weight is 290 g/mol. The summed E-state index contributed by atoms with van der Waals surface area (Å²) in [4.78, 5) is 12.2. The molecule has 0 aliphatic heterocycles. The van der Waals surface area contributed by atoms with Gasteiger partial charge in [-0.15, -0.1) is 0 Å². The van der Waals surface area contributed by atoms with E-state index in [4.69, 9.17) is 0 Å². The van der Waals surface area contributed by atoms with Gasteiger partial charge in [0.2, 0.25) is 0 Å². The number of benzene rings is 1. The zero-order valence-electron chi connectivity index (χ0n) is 11.9. The molecular formula is C16H16F2N2O. The van der Waals surface area contributed by atoms with Crippen molar-refractivity contribution in [2.75, 3.05) is 14.1 Å². The third kappa shape index (κ3) is 3.84. The van der Waals surface area contributed by atoms with Gasteiger partial charge in [-0.25, -0.2) is 8.78 Å². The Kier molecular flexibility index (Phi) is 4.62. The van der Waals surface area contributed by atoms with Crippen LogP contribution in [0.3, 0.4) is 0 Å². The van der Waals surface area contributed by atoms with Crippen LogP contribution in [0.5, 0.6) is 0 Å². The molecule has 0 unspecified atom stereocenters. The fourth-order valence-electron chi connectivity index (χ4n) is 2.06. The normalized spacial score (nSPS) is 19.1. The minimum atomic E-state index is -0.913. The maximum Gasteiger partial charge on any atom is 0.185 e. The van der Waals surface area contributed by atoms with Gasteiger partial charge >= 0.3 is 0 Å². The number of rotatable bonds is 3. The number of halogens is 2. The SMILES string of the molecule is CN(C)/N=C/C=C1/CC/C(=C/c2ccc(F)c(F)c2)C1=O. The zero-order chi connectivity index (χ0) is 15.4. The topological polar surface area (TPSA) is 32.7 Å². The highest BCUT2D eigenvalue weighted by Crippen LogP contribution is 2.27. The maximum absolute atomic E-state index is 13.1. The fraction of sp³-hybridized carbons (Fsp3) is 0.250. The van der Waals surface area contributed by atoms with E-state index in [-0.39, 0.29) is 5.78 Å². The predicted molar refractivity (Wildman–Crippen MR) is 78.8 cm³/mol. The van der Waals surface area contributed by atoms with E-state index in [0.29, 0.717) is 29.6 Å². The van der Waals surface area contributed by atoms with Crippen LogP contribution >= 0.6 is 0 Å². The Morgan fingerprint density at radius 1 is 1.14 bits per heavy atom. The molecule has 0 bridgehead atoms. The fourth-order valence-corrected chi connectivity index (χ4v) is 2.06. The lowest BCUT2D eigenvalue weighted by Gasteiger charge is -2.00. The largest absolute Gasteiger partial charge is 0.303 e. The molecule has 1 aliphatic rings. The molecule has 1 aliphatic carbocycles. The second kappa shape index (κ2) is 6.43. The number of nitrogens with zero attached hydrogens (tertiary/aromatic N) is 2. The third-order valence-corrected chi connectivity index (χ3v) is 3.10. The summed E-state index contributed by atoms with van der Waals surface area (Å²) in [5.74, 6) is -1.87. The van der Waals surface area contributed by atoms with E-state index in [1.54, 1.807) is 37.5 Å². The molecule has 5 heteroatoms. The molecule has 0 spiro atoms. The summed E-state index contributed by atoms with van der Waals surface area (Å²) in [5, 5.41) is 5.66. The van der Waals surface area contributed by atoms with Crippen molar-refractivity contribution >= 4 is 18.1 Å². The quantitative estimate of drug-likeness (QED) is 0.486. The number of hydrazone groups is 1. The summed E-state index contributed by atoms with van der Waals surface area (Å²) in [7, 11) is 3.58. The van der Waals surface area contributed by atoms with Crippen molar-refractivity contribution in [3.8, 4) is 0 Å². The third-order valence-electron chi connectivity index (χ3n) is 3.10. The van der Waals surface area contributed by atoms with Crippen molar-refractivity contribution in [1.29, 1.82) is 0 Å². The van der Waals surface area contributed by atoms with Crippen molar-refractivity contribution in [2.45, 2.75) is 12.8 Å². The van der Waals surface area contributed by atoms with Crippen LogP contribution in [-0.4, -0.2) is 31.1 Å². The molecule has 21 heavy (non-hydrogen) atoms. The monoisotopic (exact) mass is 290 g/mol. The van der Waals surface area contributed by atoms with E-state index in [1.165, 1.54) is 6.07 Å². The Morgan fingerprint density at radius 2 is 1.86 bits per heavy atom. The standard InChI is InChI=1S/C16H16F2N2O/c1-20(2)19-8-7-12-4-5-13(16(12)21)9-11-3-6-14(17)15(18)10-11/h3,6-10H,4-5H2,1-2H3/b12-7-,13-9-,19-8+. The van der Waals surface area contributed by atoms with Crippen molar-refractivity contribution in [2.24, 2.45) is 5.10 Å². The van der Waals surface area contributed by atoms with E-state index in [0.717, 1.165) is 12.1 Å². The minimum Gasteiger partial charge on any atom is -0.303 e. The molecule has 1 aromatic rings. The van der Waals surface area contributed by atoms with Crippen LogP contribution in [-0.2, 0) is 4.79 Å². The number of carbonyl (C=O) groups is 1. The number of hydrogen-bond acceptors (Lipinski definition) is 3. The second-order valence-corrected chi connectivity index (χ2v) is 4.98. The van der Waals surface area contributed by atoms with Gasteiger partial charge < -0.3 is 5.01 Å². The molecule has 0 heterocycles. The molecule has 3 nitrogen and oxygen atoms in total. The maximum atomic E-state index is 13.1. The molecule has 0 saturated heterocycles. The van der Waals surface area contributed by atoms with Crippen molar-refractivity contribution in [3.05, 3.63) is 52.6 Å². The van der Waals surface area contributed by atoms with Crippen LogP contribution in [0.4, 0.5) is 8.78 Å². The minimum absolute atomic E-state index is 0.0649. The van der Waals surface area contributed by atoms with Crippen LogP contribution in [0, 0.1) is 11.6 Å². The predicted octanol–water partition coefficient (Wildman–Crippen LogP) is 3.18. The summed E-state index contributed by atoms with van der Waals surface area (Å²) in [6.07, 6.45) is 6.10. The lowest BCUT2D eigenvalue weighted by molar-refractivity contribution is -0.111. The highest BCUT2D eigenvalue weighted by atomic mass is 19.2. The first-order valence-electron chi connectivity index (χ1n) is 6.58. The Morgan fingerprint density at radius 3 is 2.52 bits per heavy atom. The molecule has 0 aromatic heterocycles. The first-order valence-corrected chi connectivity index (χ1v) is 6.58. The van der Waals surface area contributed by atoms with Gasteiger partial charge in [0.15, 0.2) is 17.4 Å². The highest BCUT2D eigenvalue weighted by molar-refractivity contribution is 6.14. The molecule has 0 radical (unpaired) electrons. The Bertz CT molecular complexity index is 646. The summed E-state index contributed by atoms with van der Waals surface area (Å²) < 4.78 is 26.0. The highest BCUT2D eigenvalue weighted by Gasteiger charge is 2.22. The summed E-state index contributed by atoms with van der Waals surface area (Å²) in [6.45, 7) is 0. The number of hydrogen-bond donors (Lipinski definition) is 0. The molecule has 1 fully saturated rings. The number of allylic oxidation sites excluding steroid dienone is 3. The summed E-state index contributed by atoms with van der Waals surface area (Å²) in [5.41, 5.74) is 1.76. The Balaban J connectivity index is 2.17. The van der Waals surface area contributed by atoms with Crippen molar-refractivity contribution in [1.82, 2.24) is 5.01 Å². The van der Waals surface area contributed by atoms with Crippen molar-refractivity contribution < 1.29 is 13.6 Å². The lowest BCUT2D eigenvalue weighted by Crippen LogP contribution is -2.01. The number of Topliss-reactive ketones (excluding diaryl/α,β-unsaturated/α-hetero) is 1. The van der Waals surface area contributed by atoms with Crippen LogP contribution in [0.15, 0.2) is 40.5 Å². The Hall–Kier alpha value is -2.30. The lowest BCUT2D eigenvalue weighted by atomic mass is 10.1. The smallest absolute Gasteiger partial charge is 0.185 e. The van der Waals surface area contributed by atoms with Gasteiger partial charge in [0, 0.05) is 31.5 Å². The molecule has 0 amide bonds. The molecule has 0 N–H and O–H groups in total. The molecular weight excluding hydrogens is 274 g/mol. The summed E-state index contributed by atoms with van der Waals surface area (Å²) >= 11 is 0. The molecule has 1 aromatic carbocycles. The number of ketones is 1. The van der Waals surface area contributed by atoms with Crippen LogP contribution < -0.4 is 0 Å². The van der Waals surface area contributed by atoms with Gasteiger partial charge in [0.25, 0.3) is 0 Å². The van der Waals surface area contributed by atoms with Crippen LogP contribution in [0.25, 0.3) is 6.08 Å². The van der Waals surface area contributed by atoms with E-state index >= 15 is 0 Å². The Labute approximate surface area is 122 Å². The average Bonchev–Trinajstić information content (AvgIpc) is 2.75. The molecule has 2 rings (SSSR count). The van der Waals surface area contributed by atoms with Gasteiger partial charge in [-0.1, -0.05) is 6.07 Å². The van der Waals surface area contributed by atoms with E-state index in [1.807, 2.05) is 0 Å². The first kappa shape index (κ1) is 15.1. The number of carbonyl (C=O) groups excluding carboxylic acids is 1. The zero-order valence-corrected chi connectivity index (χ0v) is 11.9. The van der Waals surface area contributed by atoms with E-state index in [9.17, 15) is 13.6 Å². The van der Waals surface area contributed by atoms with Gasteiger partial charge in [0.05, 0.1) is 0 Å². The van der Waals surface area contributed by atoms with Crippen LogP contribution in [0.1, 0.15) is 18.4 Å². The van der Waals surface area contributed by atoms with Gasteiger partial charge in [-0.2, -0.15) is 5.10 Å². The second-order valence-electron chi connectivity index (χ2n) is 4.98. The molecule has 110 valence electrons. The van der Waals surface area contributed by atoms with Crippen molar-refractivity contribution in [3.63, 3.8) is 0 Å².